The van der Waals surface area contributed by atoms with Gasteiger partial charge in [0, 0.05) is 17.9 Å². The molecule has 0 aliphatic carbocycles. The van der Waals surface area contributed by atoms with Gasteiger partial charge in [-0.1, -0.05) is 6.92 Å². The summed E-state index contributed by atoms with van der Waals surface area (Å²) in [5.74, 6) is 0.511. The molecule has 1 N–H and O–H groups in total. The Hall–Kier alpha value is -1.07. The summed E-state index contributed by atoms with van der Waals surface area (Å²) in [5, 5.41) is 6.50. The van der Waals surface area contributed by atoms with Gasteiger partial charge in [-0.15, -0.1) is 11.3 Å². The van der Waals surface area contributed by atoms with E-state index in [0.29, 0.717) is 17.9 Å². The van der Waals surface area contributed by atoms with E-state index in [-0.39, 0.29) is 11.9 Å². The van der Waals surface area contributed by atoms with Crippen molar-refractivity contribution >= 4 is 17.2 Å². The van der Waals surface area contributed by atoms with Gasteiger partial charge < -0.3 is 14.8 Å². The van der Waals surface area contributed by atoms with Crippen molar-refractivity contribution in [1.29, 1.82) is 0 Å². The van der Waals surface area contributed by atoms with E-state index in [1.807, 2.05) is 12.3 Å². The average Bonchev–Trinajstić information content (AvgIpc) is 2.76. The summed E-state index contributed by atoms with van der Waals surface area (Å²) in [7, 11) is 3.19. The molecule has 1 aromatic heterocycles. The zero-order chi connectivity index (χ0) is 12.0. The molecular weight excluding hydrogens is 226 g/mol. The second kappa shape index (κ2) is 6.50. The van der Waals surface area contributed by atoms with Gasteiger partial charge in [0.1, 0.15) is 5.75 Å². The van der Waals surface area contributed by atoms with Gasteiger partial charge in [-0.05, 0) is 6.42 Å². The number of amides is 1. The molecule has 0 spiro atoms. The first-order valence-electron chi connectivity index (χ1n) is 5.12. The maximum atomic E-state index is 11.9. The molecule has 1 unspecified atom stereocenters. The lowest BCUT2D eigenvalue weighted by atomic mass is 10.2. The van der Waals surface area contributed by atoms with E-state index in [1.165, 1.54) is 11.3 Å². The van der Waals surface area contributed by atoms with Crippen molar-refractivity contribution in [3.63, 3.8) is 0 Å². The van der Waals surface area contributed by atoms with Gasteiger partial charge in [-0.3, -0.25) is 4.79 Å². The summed E-state index contributed by atoms with van der Waals surface area (Å²) in [4.78, 5) is 11.9. The van der Waals surface area contributed by atoms with Gasteiger partial charge in [0.2, 0.25) is 0 Å². The Balaban J connectivity index is 2.64. The number of ether oxygens (including phenoxy) is 2. The maximum Gasteiger partial charge on any atom is 0.256 e. The predicted molar refractivity (Wildman–Crippen MR) is 64.3 cm³/mol. The molecule has 1 rings (SSSR count). The molecule has 5 heteroatoms. The van der Waals surface area contributed by atoms with E-state index in [2.05, 4.69) is 5.32 Å². The highest BCUT2D eigenvalue weighted by Crippen LogP contribution is 2.22. The summed E-state index contributed by atoms with van der Waals surface area (Å²) in [6.45, 7) is 2.53. The van der Waals surface area contributed by atoms with Crippen LogP contribution in [0.5, 0.6) is 5.75 Å². The second-order valence-corrected chi connectivity index (χ2v) is 4.13. The van der Waals surface area contributed by atoms with Crippen LogP contribution in [0.15, 0.2) is 10.8 Å². The van der Waals surface area contributed by atoms with Gasteiger partial charge in [0.25, 0.3) is 5.91 Å². The van der Waals surface area contributed by atoms with Crippen LogP contribution in [0, 0.1) is 0 Å². The Kier molecular flexibility index (Phi) is 5.28. The molecule has 0 radical (unpaired) electrons. The standard InChI is InChI=1S/C11H17NO3S/c1-4-8(5-14-2)12-11(13)9-6-16-7-10(9)15-3/h6-8H,4-5H2,1-3H3,(H,12,13). The zero-order valence-electron chi connectivity index (χ0n) is 9.78. The van der Waals surface area contributed by atoms with Crippen LogP contribution in [-0.4, -0.2) is 32.8 Å². The monoisotopic (exact) mass is 243 g/mol. The van der Waals surface area contributed by atoms with E-state index < -0.39 is 0 Å². The molecule has 1 amide bonds. The largest absolute Gasteiger partial charge is 0.495 e. The lowest BCUT2D eigenvalue weighted by Gasteiger charge is -2.15. The molecule has 0 fully saturated rings. The molecule has 4 nitrogen and oxygen atoms in total. The van der Waals surface area contributed by atoms with Gasteiger partial charge >= 0.3 is 0 Å². The molecule has 0 aliphatic rings. The van der Waals surface area contributed by atoms with Crippen LogP contribution in [0.1, 0.15) is 23.7 Å². The smallest absolute Gasteiger partial charge is 0.256 e. The van der Waals surface area contributed by atoms with Crippen molar-refractivity contribution in [2.75, 3.05) is 20.8 Å². The number of hydrogen-bond acceptors (Lipinski definition) is 4. The topological polar surface area (TPSA) is 47.6 Å². The normalized spacial score (nSPS) is 12.2. The Bertz CT molecular complexity index is 338. The molecule has 0 saturated carbocycles. The predicted octanol–water partition coefficient (Wildman–Crippen LogP) is 1.91. The van der Waals surface area contributed by atoms with Crippen LogP contribution in [0.25, 0.3) is 0 Å². The summed E-state index contributed by atoms with van der Waals surface area (Å²) < 4.78 is 10.1. The first-order chi connectivity index (χ1) is 7.72. The molecule has 16 heavy (non-hydrogen) atoms. The van der Waals surface area contributed by atoms with E-state index in [1.54, 1.807) is 19.6 Å². The third kappa shape index (κ3) is 3.21. The number of nitrogens with one attached hydrogen (secondary N) is 1. The molecule has 0 bridgehead atoms. The van der Waals surface area contributed by atoms with Crippen molar-refractivity contribution in [2.24, 2.45) is 0 Å². The molecular formula is C11H17NO3S. The average molecular weight is 243 g/mol. The molecule has 0 saturated heterocycles. The number of thiophene rings is 1. The quantitative estimate of drug-likeness (QED) is 0.830. The molecule has 1 heterocycles. The fraction of sp³-hybridized carbons (Fsp3) is 0.545. The molecule has 0 aliphatic heterocycles. The van der Waals surface area contributed by atoms with Crippen LogP contribution in [0.4, 0.5) is 0 Å². The third-order valence-electron chi connectivity index (χ3n) is 2.29. The van der Waals surface area contributed by atoms with Crippen molar-refractivity contribution < 1.29 is 14.3 Å². The number of hydrogen-bond donors (Lipinski definition) is 1. The van der Waals surface area contributed by atoms with Crippen molar-refractivity contribution in [1.82, 2.24) is 5.32 Å². The lowest BCUT2D eigenvalue weighted by molar-refractivity contribution is 0.0892. The fourth-order valence-electron chi connectivity index (χ4n) is 1.33. The Morgan fingerprint density at radius 3 is 2.81 bits per heavy atom. The SMILES string of the molecule is CCC(COC)NC(=O)c1cscc1OC. The first kappa shape index (κ1) is 13.0. The van der Waals surface area contributed by atoms with Crippen LogP contribution in [0.2, 0.25) is 0 Å². The molecule has 90 valence electrons. The Labute approximate surface area is 99.6 Å². The molecule has 0 aromatic carbocycles. The zero-order valence-corrected chi connectivity index (χ0v) is 10.6. The summed E-state index contributed by atoms with van der Waals surface area (Å²) in [6, 6.07) is 0.0436. The van der Waals surface area contributed by atoms with Gasteiger partial charge in [-0.25, -0.2) is 0 Å². The van der Waals surface area contributed by atoms with Gasteiger partial charge in [0.05, 0.1) is 25.3 Å². The highest BCUT2D eigenvalue weighted by Gasteiger charge is 2.16. The Morgan fingerprint density at radius 1 is 1.50 bits per heavy atom. The lowest BCUT2D eigenvalue weighted by Crippen LogP contribution is -2.37. The minimum absolute atomic E-state index is 0.0436. The van der Waals surface area contributed by atoms with Crippen LogP contribution >= 0.6 is 11.3 Å². The summed E-state index contributed by atoms with van der Waals surface area (Å²) in [6.07, 6.45) is 0.839. The van der Waals surface area contributed by atoms with Crippen molar-refractivity contribution in [2.45, 2.75) is 19.4 Å². The molecule has 1 atom stereocenters. The number of rotatable bonds is 6. The van der Waals surface area contributed by atoms with Crippen LogP contribution < -0.4 is 10.1 Å². The highest BCUT2D eigenvalue weighted by molar-refractivity contribution is 7.08. The van der Waals surface area contributed by atoms with Crippen molar-refractivity contribution in [3.8, 4) is 5.75 Å². The van der Waals surface area contributed by atoms with Gasteiger partial charge in [-0.2, -0.15) is 0 Å². The first-order valence-corrected chi connectivity index (χ1v) is 6.07. The third-order valence-corrected chi connectivity index (χ3v) is 3.01. The Morgan fingerprint density at radius 2 is 2.25 bits per heavy atom. The number of carbonyl (C=O) groups excluding carboxylic acids is 1. The number of carbonyl (C=O) groups is 1. The summed E-state index contributed by atoms with van der Waals surface area (Å²) in [5.41, 5.74) is 0.585. The molecule has 1 aromatic rings. The highest BCUT2D eigenvalue weighted by atomic mass is 32.1. The minimum Gasteiger partial charge on any atom is -0.495 e. The maximum absolute atomic E-state index is 11.9. The fourth-order valence-corrected chi connectivity index (χ4v) is 2.11. The van der Waals surface area contributed by atoms with E-state index in [4.69, 9.17) is 9.47 Å². The summed E-state index contributed by atoms with van der Waals surface area (Å²) >= 11 is 1.45. The van der Waals surface area contributed by atoms with E-state index in [9.17, 15) is 4.79 Å². The minimum atomic E-state index is -0.109. The van der Waals surface area contributed by atoms with Crippen LogP contribution in [0.3, 0.4) is 0 Å². The van der Waals surface area contributed by atoms with Gasteiger partial charge in [0.15, 0.2) is 0 Å². The van der Waals surface area contributed by atoms with E-state index >= 15 is 0 Å². The van der Waals surface area contributed by atoms with E-state index in [0.717, 1.165) is 6.42 Å². The van der Waals surface area contributed by atoms with Crippen LogP contribution in [-0.2, 0) is 4.74 Å². The number of methoxy groups -OCH3 is 2. The second-order valence-electron chi connectivity index (χ2n) is 3.39. The van der Waals surface area contributed by atoms with Crippen molar-refractivity contribution in [3.05, 3.63) is 16.3 Å².